The molecule has 2 aromatic carbocycles. The van der Waals surface area contributed by atoms with Crippen molar-refractivity contribution in [3.63, 3.8) is 0 Å². The first-order chi connectivity index (χ1) is 9.19. The lowest BCUT2D eigenvalue weighted by atomic mass is 10.2. The van der Waals surface area contributed by atoms with Gasteiger partial charge in [0.05, 0.1) is 18.1 Å². The highest BCUT2D eigenvalue weighted by Gasteiger charge is 2.07. The smallest absolute Gasteiger partial charge is 0.182 e. The maximum absolute atomic E-state index is 13.0. The largest absolute Gasteiger partial charge is 0.497 e. The van der Waals surface area contributed by atoms with Gasteiger partial charge in [-0.05, 0) is 48.6 Å². The Kier molecular flexibility index (Phi) is 2.83. The van der Waals surface area contributed by atoms with Crippen LogP contribution in [0.25, 0.3) is 16.7 Å². The molecule has 0 amide bonds. The summed E-state index contributed by atoms with van der Waals surface area (Å²) in [5.41, 5.74) is 2.62. The lowest BCUT2D eigenvalue weighted by Crippen LogP contribution is -1.94. The van der Waals surface area contributed by atoms with Crippen molar-refractivity contribution in [1.29, 1.82) is 0 Å². The quantitative estimate of drug-likeness (QED) is 0.720. The van der Waals surface area contributed by atoms with Crippen molar-refractivity contribution in [2.75, 3.05) is 7.11 Å². The van der Waals surface area contributed by atoms with Gasteiger partial charge in [0.25, 0.3) is 0 Å². The number of nitrogens with zero attached hydrogens (tertiary/aromatic N) is 1. The standard InChI is InChI=1S/C14H11FN2OS/c1-18-11-6-7-12-13(8-11)17(14(19)16-12)10-4-2-9(15)3-5-10/h2-8H,1H3,(H,16,19). The van der Waals surface area contributed by atoms with Crippen molar-refractivity contribution >= 4 is 23.3 Å². The molecule has 3 rings (SSSR count). The Bertz CT molecular complexity index is 789. The summed E-state index contributed by atoms with van der Waals surface area (Å²) < 4.78 is 20.6. The van der Waals surface area contributed by atoms with Gasteiger partial charge in [0.15, 0.2) is 4.77 Å². The number of aromatic nitrogens is 2. The zero-order valence-corrected chi connectivity index (χ0v) is 11.0. The number of halogens is 1. The number of fused-ring (bicyclic) bond motifs is 1. The minimum Gasteiger partial charge on any atom is -0.497 e. The number of benzene rings is 2. The second-order valence-corrected chi connectivity index (χ2v) is 4.51. The van der Waals surface area contributed by atoms with Crippen LogP contribution in [-0.4, -0.2) is 16.7 Å². The fourth-order valence-electron chi connectivity index (χ4n) is 2.06. The van der Waals surface area contributed by atoms with Crippen molar-refractivity contribution < 1.29 is 9.13 Å². The van der Waals surface area contributed by atoms with Crippen LogP contribution >= 0.6 is 12.2 Å². The fraction of sp³-hybridized carbons (Fsp3) is 0.0714. The van der Waals surface area contributed by atoms with Crippen molar-refractivity contribution in [2.45, 2.75) is 0 Å². The van der Waals surface area contributed by atoms with E-state index >= 15 is 0 Å². The molecule has 0 radical (unpaired) electrons. The van der Waals surface area contributed by atoms with Crippen LogP contribution < -0.4 is 4.74 Å². The number of rotatable bonds is 2. The maximum Gasteiger partial charge on any atom is 0.182 e. The van der Waals surface area contributed by atoms with Gasteiger partial charge in [0, 0.05) is 11.8 Å². The topological polar surface area (TPSA) is 29.9 Å². The second-order valence-electron chi connectivity index (χ2n) is 4.13. The molecule has 1 N–H and O–H groups in total. The van der Waals surface area contributed by atoms with Crippen LogP contribution in [-0.2, 0) is 0 Å². The summed E-state index contributed by atoms with van der Waals surface area (Å²) in [6, 6.07) is 11.9. The summed E-state index contributed by atoms with van der Waals surface area (Å²) >= 11 is 5.32. The maximum atomic E-state index is 13.0. The molecule has 0 bridgehead atoms. The Morgan fingerprint density at radius 2 is 1.89 bits per heavy atom. The number of ether oxygens (including phenoxy) is 1. The molecule has 3 nitrogen and oxygen atoms in total. The van der Waals surface area contributed by atoms with Crippen LogP contribution in [0.4, 0.5) is 4.39 Å². The molecule has 0 fully saturated rings. The van der Waals surface area contributed by atoms with Crippen molar-refractivity contribution in [1.82, 2.24) is 9.55 Å². The van der Waals surface area contributed by atoms with E-state index in [-0.39, 0.29) is 5.82 Å². The summed E-state index contributed by atoms with van der Waals surface area (Å²) in [4.78, 5) is 3.12. The summed E-state index contributed by atoms with van der Waals surface area (Å²) in [5.74, 6) is 0.477. The molecular weight excluding hydrogens is 263 g/mol. The first-order valence-electron chi connectivity index (χ1n) is 5.74. The molecule has 0 aliphatic rings. The first-order valence-corrected chi connectivity index (χ1v) is 6.14. The average Bonchev–Trinajstić information content (AvgIpc) is 2.75. The molecule has 96 valence electrons. The summed E-state index contributed by atoms with van der Waals surface area (Å²) in [7, 11) is 1.62. The highest BCUT2D eigenvalue weighted by molar-refractivity contribution is 7.71. The van der Waals surface area contributed by atoms with E-state index in [0.717, 1.165) is 22.5 Å². The van der Waals surface area contributed by atoms with Crippen LogP contribution in [0, 0.1) is 10.6 Å². The lowest BCUT2D eigenvalue weighted by molar-refractivity contribution is 0.415. The number of nitrogens with one attached hydrogen (secondary N) is 1. The van der Waals surface area contributed by atoms with E-state index in [4.69, 9.17) is 17.0 Å². The van der Waals surface area contributed by atoms with Gasteiger partial charge in [0.1, 0.15) is 11.6 Å². The van der Waals surface area contributed by atoms with Crippen molar-refractivity contribution in [3.8, 4) is 11.4 Å². The number of hydrogen-bond acceptors (Lipinski definition) is 2. The molecule has 1 aromatic heterocycles. The van der Waals surface area contributed by atoms with E-state index in [1.807, 2.05) is 22.8 Å². The molecule has 5 heteroatoms. The molecule has 0 spiro atoms. The van der Waals surface area contributed by atoms with E-state index in [1.165, 1.54) is 12.1 Å². The summed E-state index contributed by atoms with van der Waals surface area (Å²) in [6.07, 6.45) is 0. The van der Waals surface area contributed by atoms with E-state index in [0.29, 0.717) is 4.77 Å². The summed E-state index contributed by atoms with van der Waals surface area (Å²) in [5, 5.41) is 0. The Labute approximate surface area is 114 Å². The van der Waals surface area contributed by atoms with Gasteiger partial charge in [-0.15, -0.1) is 0 Å². The van der Waals surface area contributed by atoms with Crippen molar-refractivity contribution in [3.05, 3.63) is 53.1 Å². The van der Waals surface area contributed by atoms with Crippen LogP contribution in [0.1, 0.15) is 0 Å². The molecule has 0 aliphatic heterocycles. The number of imidazole rings is 1. The first kappa shape index (κ1) is 11.9. The van der Waals surface area contributed by atoms with Gasteiger partial charge in [-0.2, -0.15) is 0 Å². The van der Waals surface area contributed by atoms with Crippen LogP contribution in [0.3, 0.4) is 0 Å². The molecule has 19 heavy (non-hydrogen) atoms. The number of methoxy groups -OCH3 is 1. The van der Waals surface area contributed by atoms with E-state index in [2.05, 4.69) is 4.98 Å². The van der Waals surface area contributed by atoms with Gasteiger partial charge in [-0.25, -0.2) is 4.39 Å². The third-order valence-electron chi connectivity index (χ3n) is 2.98. The van der Waals surface area contributed by atoms with Crippen LogP contribution in [0.2, 0.25) is 0 Å². The highest BCUT2D eigenvalue weighted by Crippen LogP contribution is 2.24. The molecule has 0 unspecified atom stereocenters. The molecule has 0 atom stereocenters. The van der Waals surface area contributed by atoms with Gasteiger partial charge in [-0.1, -0.05) is 0 Å². The lowest BCUT2D eigenvalue weighted by Gasteiger charge is -2.05. The Morgan fingerprint density at radius 1 is 1.16 bits per heavy atom. The highest BCUT2D eigenvalue weighted by atomic mass is 32.1. The van der Waals surface area contributed by atoms with Gasteiger partial charge in [0.2, 0.25) is 0 Å². The van der Waals surface area contributed by atoms with Crippen LogP contribution in [0.5, 0.6) is 5.75 Å². The Hall–Kier alpha value is -2.14. The number of H-pyrrole nitrogens is 1. The fourth-order valence-corrected chi connectivity index (χ4v) is 2.37. The van der Waals surface area contributed by atoms with E-state index in [9.17, 15) is 4.39 Å². The molecule has 3 aromatic rings. The number of hydrogen-bond donors (Lipinski definition) is 1. The molecular formula is C14H11FN2OS. The molecule has 0 saturated heterocycles. The monoisotopic (exact) mass is 274 g/mol. The SMILES string of the molecule is COc1ccc2[nH]c(=S)n(-c3ccc(F)cc3)c2c1. The van der Waals surface area contributed by atoms with Gasteiger partial charge < -0.3 is 9.72 Å². The third-order valence-corrected chi connectivity index (χ3v) is 3.26. The van der Waals surface area contributed by atoms with E-state index in [1.54, 1.807) is 19.2 Å². The molecule has 1 heterocycles. The minimum atomic E-state index is -0.271. The predicted molar refractivity (Wildman–Crippen MR) is 75.0 cm³/mol. The number of aromatic amines is 1. The third kappa shape index (κ3) is 2.02. The zero-order valence-electron chi connectivity index (χ0n) is 10.2. The van der Waals surface area contributed by atoms with Gasteiger partial charge >= 0.3 is 0 Å². The minimum absolute atomic E-state index is 0.271. The molecule has 0 aliphatic carbocycles. The Balaban J connectivity index is 2.30. The van der Waals surface area contributed by atoms with E-state index < -0.39 is 0 Å². The summed E-state index contributed by atoms with van der Waals surface area (Å²) in [6.45, 7) is 0. The normalized spacial score (nSPS) is 10.8. The average molecular weight is 274 g/mol. The van der Waals surface area contributed by atoms with Crippen LogP contribution in [0.15, 0.2) is 42.5 Å². The second kappa shape index (κ2) is 4.51. The molecule has 0 saturated carbocycles. The van der Waals surface area contributed by atoms with Gasteiger partial charge in [-0.3, -0.25) is 4.57 Å². The van der Waals surface area contributed by atoms with Crippen molar-refractivity contribution in [2.24, 2.45) is 0 Å². The Morgan fingerprint density at radius 3 is 2.58 bits per heavy atom. The predicted octanol–water partition coefficient (Wildman–Crippen LogP) is 3.84. The zero-order chi connectivity index (χ0) is 13.4.